The number of hydrogen-bond donors (Lipinski definition) is 2. The molecule has 4 nitrogen and oxygen atoms in total. The summed E-state index contributed by atoms with van der Waals surface area (Å²) < 4.78 is 13.6. The lowest BCUT2D eigenvalue weighted by atomic mass is 9.81. The van der Waals surface area contributed by atoms with Gasteiger partial charge in [0.15, 0.2) is 0 Å². The fraction of sp³-hybridized carbons (Fsp3) is 0.417. The van der Waals surface area contributed by atoms with E-state index >= 15 is 0 Å². The van der Waals surface area contributed by atoms with Gasteiger partial charge >= 0.3 is 0 Å². The average Bonchev–Trinajstić information content (AvgIpc) is 2.72. The molecule has 1 aliphatic carbocycles. The zero-order chi connectivity index (χ0) is 20.8. The predicted molar refractivity (Wildman–Crippen MR) is 113 cm³/mol. The second-order valence-corrected chi connectivity index (χ2v) is 7.97. The van der Waals surface area contributed by atoms with Crippen molar-refractivity contribution in [2.75, 3.05) is 11.9 Å². The van der Waals surface area contributed by atoms with E-state index in [0.717, 1.165) is 11.3 Å². The summed E-state index contributed by atoms with van der Waals surface area (Å²) in [5.41, 5.74) is 3.79. The Morgan fingerprint density at radius 3 is 2.24 bits per heavy atom. The summed E-state index contributed by atoms with van der Waals surface area (Å²) in [5, 5.41) is 5.92. The third-order valence-corrected chi connectivity index (χ3v) is 5.89. The van der Waals surface area contributed by atoms with E-state index in [1.807, 2.05) is 32.0 Å². The summed E-state index contributed by atoms with van der Waals surface area (Å²) in [6.45, 7) is 4.50. The van der Waals surface area contributed by atoms with Gasteiger partial charge in [0.1, 0.15) is 5.82 Å². The minimum absolute atomic E-state index is 0.00866. The van der Waals surface area contributed by atoms with E-state index < -0.39 is 0 Å². The summed E-state index contributed by atoms with van der Waals surface area (Å²) >= 11 is 0. The smallest absolute Gasteiger partial charge is 0.227 e. The molecule has 0 atom stereocenters. The highest BCUT2D eigenvalue weighted by Gasteiger charge is 2.29. The second-order valence-electron chi connectivity index (χ2n) is 7.97. The molecule has 0 saturated heterocycles. The molecule has 1 aliphatic rings. The molecule has 0 radical (unpaired) electrons. The summed E-state index contributed by atoms with van der Waals surface area (Å²) in [4.78, 5) is 25.0. The first-order chi connectivity index (χ1) is 13.9. The lowest BCUT2D eigenvalue weighted by Crippen LogP contribution is -2.36. The zero-order valence-electron chi connectivity index (χ0n) is 17.1. The molecule has 3 rings (SSSR count). The third kappa shape index (κ3) is 5.66. The van der Waals surface area contributed by atoms with E-state index in [0.29, 0.717) is 44.2 Å². The third-order valence-electron chi connectivity index (χ3n) is 5.89. The first-order valence-electron chi connectivity index (χ1n) is 10.3. The van der Waals surface area contributed by atoms with Crippen molar-refractivity contribution in [3.63, 3.8) is 0 Å². The van der Waals surface area contributed by atoms with Gasteiger partial charge in [-0.2, -0.15) is 0 Å². The number of carbonyl (C=O) groups is 2. The van der Waals surface area contributed by atoms with Gasteiger partial charge < -0.3 is 10.6 Å². The molecule has 0 aromatic heterocycles. The molecule has 2 aromatic carbocycles. The number of amides is 2. The van der Waals surface area contributed by atoms with Gasteiger partial charge in [0, 0.05) is 24.1 Å². The lowest BCUT2D eigenvalue weighted by molar-refractivity contribution is -0.128. The molecule has 29 heavy (non-hydrogen) atoms. The molecule has 0 spiro atoms. The number of aryl methyl sites for hydroxylation is 2. The maximum Gasteiger partial charge on any atom is 0.227 e. The van der Waals surface area contributed by atoms with Crippen LogP contribution in [0.5, 0.6) is 0 Å². The van der Waals surface area contributed by atoms with Crippen molar-refractivity contribution in [3.05, 3.63) is 65.0 Å². The van der Waals surface area contributed by atoms with E-state index in [1.54, 1.807) is 18.2 Å². The van der Waals surface area contributed by atoms with Gasteiger partial charge in [-0.15, -0.1) is 0 Å². The Bertz CT molecular complexity index is 873. The molecule has 154 valence electrons. The molecular weight excluding hydrogens is 367 g/mol. The summed E-state index contributed by atoms with van der Waals surface area (Å²) in [7, 11) is 0. The topological polar surface area (TPSA) is 58.2 Å². The van der Waals surface area contributed by atoms with Gasteiger partial charge in [-0.05, 0) is 80.8 Å². The molecule has 1 fully saturated rings. The molecular formula is C24H29FN2O2. The van der Waals surface area contributed by atoms with Gasteiger partial charge in [-0.1, -0.05) is 24.3 Å². The molecule has 1 saturated carbocycles. The summed E-state index contributed by atoms with van der Waals surface area (Å²) in [6, 6.07) is 12.5. The normalized spacial score (nSPS) is 18.9. The maximum absolute atomic E-state index is 13.6. The Kier molecular flexibility index (Phi) is 7.02. The van der Waals surface area contributed by atoms with Crippen LogP contribution in [-0.4, -0.2) is 18.4 Å². The molecule has 2 aromatic rings. The summed E-state index contributed by atoms with van der Waals surface area (Å²) in [5.74, 6) is -0.321. The van der Waals surface area contributed by atoms with Crippen LogP contribution in [0.3, 0.4) is 0 Å². The van der Waals surface area contributed by atoms with E-state index in [9.17, 15) is 14.0 Å². The van der Waals surface area contributed by atoms with Crippen LogP contribution in [0.25, 0.3) is 0 Å². The maximum atomic E-state index is 13.6. The highest BCUT2D eigenvalue weighted by Crippen LogP contribution is 2.30. The number of halogens is 1. The monoisotopic (exact) mass is 396 g/mol. The highest BCUT2D eigenvalue weighted by atomic mass is 19.1. The fourth-order valence-corrected chi connectivity index (χ4v) is 3.85. The number of rotatable bonds is 6. The van der Waals surface area contributed by atoms with Gasteiger partial charge in [-0.3, -0.25) is 9.59 Å². The summed E-state index contributed by atoms with van der Waals surface area (Å²) in [6.07, 6.45) is 3.31. The van der Waals surface area contributed by atoms with Crippen LogP contribution in [0.4, 0.5) is 10.1 Å². The Labute approximate surface area is 171 Å². The number of anilines is 1. The first kappa shape index (κ1) is 21.0. The van der Waals surface area contributed by atoms with Crippen LogP contribution in [0.1, 0.15) is 42.4 Å². The van der Waals surface area contributed by atoms with Crippen LogP contribution in [0.15, 0.2) is 42.5 Å². The zero-order valence-corrected chi connectivity index (χ0v) is 17.1. The van der Waals surface area contributed by atoms with E-state index in [-0.39, 0.29) is 29.5 Å². The van der Waals surface area contributed by atoms with Crippen molar-refractivity contribution < 1.29 is 14.0 Å². The molecule has 2 amide bonds. The molecule has 2 N–H and O–H groups in total. The second kappa shape index (κ2) is 9.68. The van der Waals surface area contributed by atoms with Crippen molar-refractivity contribution in [2.24, 2.45) is 11.8 Å². The quantitative estimate of drug-likeness (QED) is 0.753. The molecule has 5 heteroatoms. The van der Waals surface area contributed by atoms with E-state index in [2.05, 4.69) is 10.6 Å². The van der Waals surface area contributed by atoms with Crippen molar-refractivity contribution in [1.29, 1.82) is 0 Å². The fourth-order valence-electron chi connectivity index (χ4n) is 3.85. The lowest BCUT2D eigenvalue weighted by Gasteiger charge is -2.27. The van der Waals surface area contributed by atoms with Crippen molar-refractivity contribution in [3.8, 4) is 0 Å². The Balaban J connectivity index is 1.42. The van der Waals surface area contributed by atoms with Gasteiger partial charge in [-0.25, -0.2) is 4.39 Å². The van der Waals surface area contributed by atoms with E-state index in [4.69, 9.17) is 0 Å². The van der Waals surface area contributed by atoms with Crippen LogP contribution in [-0.2, 0) is 16.0 Å². The number of hydrogen-bond acceptors (Lipinski definition) is 2. The first-order valence-corrected chi connectivity index (χ1v) is 10.3. The highest BCUT2D eigenvalue weighted by molar-refractivity contribution is 5.93. The van der Waals surface area contributed by atoms with Crippen LogP contribution in [0.2, 0.25) is 0 Å². The van der Waals surface area contributed by atoms with Gasteiger partial charge in [0.2, 0.25) is 11.8 Å². The molecule has 0 aliphatic heterocycles. The van der Waals surface area contributed by atoms with E-state index in [1.165, 1.54) is 11.6 Å². The number of carbonyl (C=O) groups excluding carboxylic acids is 2. The molecule has 0 heterocycles. The minimum atomic E-state index is -0.239. The predicted octanol–water partition coefficient (Wildman–Crippen LogP) is 4.55. The van der Waals surface area contributed by atoms with Gasteiger partial charge in [0.25, 0.3) is 0 Å². The van der Waals surface area contributed by atoms with Crippen molar-refractivity contribution in [2.45, 2.75) is 46.0 Å². The minimum Gasteiger partial charge on any atom is -0.356 e. The Hall–Kier alpha value is -2.69. The van der Waals surface area contributed by atoms with Crippen LogP contribution >= 0.6 is 0 Å². The number of nitrogens with one attached hydrogen (secondary N) is 2. The molecule has 0 bridgehead atoms. The van der Waals surface area contributed by atoms with Crippen molar-refractivity contribution in [1.82, 2.24) is 5.32 Å². The van der Waals surface area contributed by atoms with Gasteiger partial charge in [0.05, 0.1) is 0 Å². The van der Waals surface area contributed by atoms with Crippen LogP contribution < -0.4 is 10.6 Å². The average molecular weight is 397 g/mol. The largest absolute Gasteiger partial charge is 0.356 e. The Morgan fingerprint density at radius 1 is 0.931 bits per heavy atom. The Morgan fingerprint density at radius 2 is 1.59 bits per heavy atom. The number of benzene rings is 2. The SMILES string of the molecule is Cc1ccc(NC(=O)C2CCC(C(=O)NCCc3ccccc3F)CC2)cc1C. The standard InChI is InChI=1S/C24H29FN2O2/c1-16-7-12-21(15-17(16)2)27-24(29)20-10-8-19(9-11-20)23(28)26-14-13-18-5-3-4-6-22(18)25/h3-7,12,15,19-20H,8-11,13-14H2,1-2H3,(H,26,28)(H,27,29). The van der Waals surface area contributed by atoms with Crippen LogP contribution in [0, 0.1) is 31.5 Å². The molecule has 0 unspecified atom stereocenters. The van der Waals surface area contributed by atoms with Crippen molar-refractivity contribution >= 4 is 17.5 Å².